The lowest BCUT2D eigenvalue weighted by atomic mass is 9.92. The van der Waals surface area contributed by atoms with Gasteiger partial charge in [-0.3, -0.25) is 4.90 Å². The van der Waals surface area contributed by atoms with Crippen LogP contribution < -0.4 is 0 Å². The summed E-state index contributed by atoms with van der Waals surface area (Å²) in [4.78, 5) is 2.44. The second-order valence-electron chi connectivity index (χ2n) is 4.75. The second kappa shape index (κ2) is 4.45. The van der Waals surface area contributed by atoms with Crippen molar-refractivity contribution in [2.45, 2.75) is 44.8 Å². The van der Waals surface area contributed by atoms with Gasteiger partial charge in [0, 0.05) is 12.6 Å². The number of aliphatic hydroxyl groups excluding tert-OH is 1. The van der Waals surface area contributed by atoms with Crippen LogP contribution in [0.5, 0.6) is 0 Å². The van der Waals surface area contributed by atoms with Crippen LogP contribution in [0.25, 0.3) is 0 Å². The van der Waals surface area contributed by atoms with Crippen LogP contribution in [0.3, 0.4) is 0 Å². The van der Waals surface area contributed by atoms with Crippen LogP contribution in [-0.2, 0) is 0 Å². The molecule has 0 radical (unpaired) electrons. The van der Waals surface area contributed by atoms with Gasteiger partial charge in [0.25, 0.3) is 0 Å². The van der Waals surface area contributed by atoms with Gasteiger partial charge in [-0.2, -0.15) is 0 Å². The van der Waals surface area contributed by atoms with E-state index in [1.54, 1.807) is 0 Å². The normalized spacial score (nSPS) is 40.0. The molecule has 2 rings (SSSR count). The molecule has 1 N–H and O–H groups in total. The number of hydrogen-bond acceptors (Lipinski definition) is 2. The number of allylic oxidation sites excluding steroid dienone is 1. The molecule has 80 valence electrons. The SMILES string of the molecule is CC1CCN(C2C=CCCC2)CC1O. The molecule has 3 atom stereocenters. The summed E-state index contributed by atoms with van der Waals surface area (Å²) in [6.45, 7) is 4.18. The van der Waals surface area contributed by atoms with E-state index in [9.17, 15) is 5.11 Å². The van der Waals surface area contributed by atoms with Crippen molar-refractivity contribution >= 4 is 0 Å². The number of piperidine rings is 1. The number of likely N-dealkylation sites (tertiary alicyclic amines) is 1. The van der Waals surface area contributed by atoms with Crippen LogP contribution in [0.4, 0.5) is 0 Å². The Morgan fingerprint density at radius 3 is 2.86 bits per heavy atom. The van der Waals surface area contributed by atoms with E-state index in [0.29, 0.717) is 12.0 Å². The summed E-state index contributed by atoms with van der Waals surface area (Å²) in [5, 5.41) is 9.81. The van der Waals surface area contributed by atoms with Gasteiger partial charge in [-0.25, -0.2) is 0 Å². The fourth-order valence-electron chi connectivity index (χ4n) is 2.47. The molecule has 2 nitrogen and oxygen atoms in total. The average molecular weight is 195 g/mol. The quantitative estimate of drug-likeness (QED) is 0.645. The molecule has 2 aliphatic rings. The first-order chi connectivity index (χ1) is 6.77. The maximum atomic E-state index is 9.81. The summed E-state index contributed by atoms with van der Waals surface area (Å²) >= 11 is 0. The number of aliphatic hydroxyl groups is 1. The largest absolute Gasteiger partial charge is 0.392 e. The van der Waals surface area contributed by atoms with E-state index in [-0.39, 0.29) is 6.10 Å². The number of β-amino-alcohol motifs (C(OH)–C–C–N with tert-alkyl or cyclic N) is 1. The minimum atomic E-state index is -0.112. The zero-order valence-electron chi connectivity index (χ0n) is 9.02. The molecule has 1 fully saturated rings. The van der Waals surface area contributed by atoms with E-state index in [0.717, 1.165) is 19.5 Å². The number of hydrogen-bond donors (Lipinski definition) is 1. The van der Waals surface area contributed by atoms with E-state index in [1.165, 1.54) is 19.3 Å². The zero-order chi connectivity index (χ0) is 9.97. The Bertz CT molecular complexity index is 214. The lowest BCUT2D eigenvalue weighted by Gasteiger charge is -2.39. The minimum Gasteiger partial charge on any atom is -0.392 e. The van der Waals surface area contributed by atoms with Gasteiger partial charge < -0.3 is 5.11 Å². The lowest BCUT2D eigenvalue weighted by molar-refractivity contribution is 0.0160. The van der Waals surface area contributed by atoms with Gasteiger partial charge in [0.05, 0.1) is 6.10 Å². The van der Waals surface area contributed by atoms with Crippen LogP contribution >= 0.6 is 0 Å². The lowest BCUT2D eigenvalue weighted by Crippen LogP contribution is -2.47. The number of rotatable bonds is 1. The van der Waals surface area contributed by atoms with Crippen molar-refractivity contribution in [1.82, 2.24) is 4.90 Å². The molecule has 2 heteroatoms. The predicted octanol–water partition coefficient (Wildman–Crippen LogP) is 1.80. The summed E-state index contributed by atoms with van der Waals surface area (Å²) < 4.78 is 0. The maximum Gasteiger partial charge on any atom is 0.0693 e. The van der Waals surface area contributed by atoms with E-state index >= 15 is 0 Å². The van der Waals surface area contributed by atoms with Crippen LogP contribution in [0, 0.1) is 5.92 Å². The molecule has 3 unspecified atom stereocenters. The van der Waals surface area contributed by atoms with E-state index in [2.05, 4.69) is 24.0 Å². The molecular weight excluding hydrogens is 174 g/mol. The molecule has 0 aromatic heterocycles. The van der Waals surface area contributed by atoms with E-state index < -0.39 is 0 Å². The third kappa shape index (κ3) is 2.18. The maximum absolute atomic E-state index is 9.81. The van der Waals surface area contributed by atoms with Gasteiger partial charge in [0.1, 0.15) is 0 Å². The first-order valence-electron chi connectivity index (χ1n) is 5.86. The highest BCUT2D eigenvalue weighted by atomic mass is 16.3. The molecule has 0 bridgehead atoms. The Morgan fingerprint density at radius 1 is 1.36 bits per heavy atom. The predicted molar refractivity (Wildman–Crippen MR) is 58.1 cm³/mol. The van der Waals surface area contributed by atoms with E-state index in [1.807, 2.05) is 0 Å². The molecule has 0 aromatic rings. The van der Waals surface area contributed by atoms with Gasteiger partial charge in [-0.1, -0.05) is 19.1 Å². The van der Waals surface area contributed by atoms with Crippen molar-refractivity contribution in [2.75, 3.05) is 13.1 Å². The van der Waals surface area contributed by atoms with Gasteiger partial charge in [-0.15, -0.1) is 0 Å². The molecule has 0 spiro atoms. The Hall–Kier alpha value is -0.340. The minimum absolute atomic E-state index is 0.112. The standard InChI is InChI=1S/C12H21NO/c1-10-7-8-13(9-12(10)14)11-5-3-2-4-6-11/h3,5,10-12,14H,2,4,6-9H2,1H3. The first kappa shape index (κ1) is 10.2. The van der Waals surface area contributed by atoms with Gasteiger partial charge in [-0.05, 0) is 38.1 Å². The van der Waals surface area contributed by atoms with E-state index in [4.69, 9.17) is 0 Å². The van der Waals surface area contributed by atoms with Crippen molar-refractivity contribution in [3.63, 3.8) is 0 Å². The Kier molecular flexibility index (Phi) is 3.24. The molecule has 1 aliphatic heterocycles. The van der Waals surface area contributed by atoms with Crippen molar-refractivity contribution in [3.8, 4) is 0 Å². The fourth-order valence-corrected chi connectivity index (χ4v) is 2.47. The van der Waals surface area contributed by atoms with Gasteiger partial charge >= 0.3 is 0 Å². The summed E-state index contributed by atoms with van der Waals surface area (Å²) in [7, 11) is 0. The monoisotopic (exact) mass is 195 g/mol. The molecule has 1 saturated heterocycles. The highest BCUT2D eigenvalue weighted by Gasteiger charge is 2.28. The Labute approximate surface area is 86.6 Å². The Morgan fingerprint density at radius 2 is 2.21 bits per heavy atom. The summed E-state index contributed by atoms with van der Waals surface area (Å²) in [5.41, 5.74) is 0. The summed E-state index contributed by atoms with van der Waals surface area (Å²) in [6.07, 6.45) is 9.47. The van der Waals surface area contributed by atoms with Crippen LogP contribution in [0.15, 0.2) is 12.2 Å². The molecule has 0 amide bonds. The fraction of sp³-hybridized carbons (Fsp3) is 0.833. The van der Waals surface area contributed by atoms with Crippen LogP contribution in [0.2, 0.25) is 0 Å². The molecule has 1 heterocycles. The van der Waals surface area contributed by atoms with Gasteiger partial charge in [0.15, 0.2) is 0 Å². The third-order valence-electron chi connectivity index (χ3n) is 3.65. The van der Waals surface area contributed by atoms with Crippen molar-refractivity contribution in [3.05, 3.63) is 12.2 Å². The first-order valence-corrected chi connectivity index (χ1v) is 5.86. The van der Waals surface area contributed by atoms with Gasteiger partial charge in [0.2, 0.25) is 0 Å². The average Bonchev–Trinajstić information content (AvgIpc) is 2.23. The van der Waals surface area contributed by atoms with Crippen molar-refractivity contribution in [1.29, 1.82) is 0 Å². The highest BCUT2D eigenvalue weighted by molar-refractivity contribution is 5.00. The molecule has 14 heavy (non-hydrogen) atoms. The summed E-state index contributed by atoms with van der Waals surface area (Å²) in [5.74, 6) is 0.485. The molecule has 0 aromatic carbocycles. The van der Waals surface area contributed by atoms with Crippen molar-refractivity contribution in [2.24, 2.45) is 5.92 Å². The zero-order valence-corrected chi connectivity index (χ0v) is 9.02. The van der Waals surface area contributed by atoms with Crippen LogP contribution in [-0.4, -0.2) is 35.2 Å². The topological polar surface area (TPSA) is 23.5 Å². The summed E-state index contributed by atoms with van der Waals surface area (Å²) in [6, 6.07) is 0.603. The number of nitrogens with zero attached hydrogens (tertiary/aromatic N) is 1. The molecule has 0 saturated carbocycles. The van der Waals surface area contributed by atoms with Crippen molar-refractivity contribution < 1.29 is 5.11 Å². The Balaban J connectivity index is 1.92. The third-order valence-corrected chi connectivity index (χ3v) is 3.65. The smallest absolute Gasteiger partial charge is 0.0693 e. The second-order valence-corrected chi connectivity index (χ2v) is 4.75. The van der Waals surface area contributed by atoms with Crippen LogP contribution in [0.1, 0.15) is 32.6 Å². The molecule has 1 aliphatic carbocycles. The highest BCUT2D eigenvalue weighted by Crippen LogP contribution is 2.23. The molecular formula is C12H21NO.